The normalized spacial score (nSPS) is 23.4. The molecule has 2 aromatic carbocycles. The van der Waals surface area contributed by atoms with E-state index in [2.05, 4.69) is 42.2 Å². The van der Waals surface area contributed by atoms with Crippen LogP contribution in [0.1, 0.15) is 95.1 Å². The number of fused-ring (bicyclic) bond motifs is 2. The molecule has 0 bridgehead atoms. The van der Waals surface area contributed by atoms with Crippen molar-refractivity contribution in [2.45, 2.75) is 133 Å². The standard InChI is InChI=1S/C47H65N11O7/c1-29(59)53-37(25-30-13-4-2-5-14-30)42(61)55-36-20-11-22-50-41(60)35(19-10-23-51-47(48)49)54-44(63)39(27-32-28-52-34-18-9-8-17-33(32)34)56-43(62)38(26-31-15-6-3-7-16-31)57-45(64)40-21-12-24-58(40)46(36)65/h2,4-5,8-9,13-14,17-18,28,31,35-40,52H,3,6-7,10-12,15-16,19-27H2,1H3,(H,50,60)(H,53,59)(H,54,63)(H,55,61)(H,56,62)(H,57,64)(H4,48,49,51)/t35-,36-,37+,38+,39-,40-/m0/s1. The fourth-order valence-corrected chi connectivity index (χ4v) is 9.31. The number of rotatable bonds is 13. The quantitative estimate of drug-likeness (QED) is 0.0676. The number of para-hydroxylation sites is 1. The zero-order valence-electron chi connectivity index (χ0n) is 37.2. The summed E-state index contributed by atoms with van der Waals surface area (Å²) in [5, 5.41) is 28.5. The van der Waals surface area contributed by atoms with E-state index in [1.165, 1.54) is 11.8 Å². The average molecular weight is 896 g/mol. The molecule has 3 aliphatic rings. The monoisotopic (exact) mass is 896 g/mol. The van der Waals surface area contributed by atoms with Crippen LogP contribution in [0.25, 0.3) is 10.9 Å². The van der Waals surface area contributed by atoms with E-state index in [0.29, 0.717) is 25.7 Å². The minimum atomic E-state index is -1.14. The number of benzene rings is 2. The number of aromatic amines is 1. The van der Waals surface area contributed by atoms with Crippen LogP contribution < -0.4 is 43.0 Å². The number of H-pyrrole nitrogens is 1. The second-order valence-corrected chi connectivity index (χ2v) is 17.6. The Hall–Kier alpha value is -6.46. The fraction of sp³-hybridized carbons (Fsp3) is 0.532. The van der Waals surface area contributed by atoms with Crippen molar-refractivity contribution in [2.75, 3.05) is 19.6 Å². The lowest BCUT2D eigenvalue weighted by Crippen LogP contribution is -2.60. The SMILES string of the molecule is CC(=O)N[C@H](Cc1ccccc1)C(=O)N[C@H]1CCCNC(=O)[C@H](CCCNC(=N)N)NC(=O)[C@H](Cc2c[nH]c3ccccc23)NC(=O)[C@@H](CC2CCCCC2)NC(=O)[C@@H]2CCCN2C1=O. The van der Waals surface area contributed by atoms with Crippen molar-refractivity contribution >= 4 is 58.2 Å². The van der Waals surface area contributed by atoms with Gasteiger partial charge in [0.2, 0.25) is 41.4 Å². The summed E-state index contributed by atoms with van der Waals surface area (Å²) in [7, 11) is 0. The maximum absolute atomic E-state index is 14.6. The Morgan fingerprint density at radius 3 is 2.28 bits per heavy atom. The predicted octanol–water partition coefficient (Wildman–Crippen LogP) is 1.53. The van der Waals surface area contributed by atoms with Crippen LogP contribution in [0.3, 0.4) is 0 Å². The summed E-state index contributed by atoms with van der Waals surface area (Å²) in [5.74, 6) is -3.73. The highest BCUT2D eigenvalue weighted by Crippen LogP contribution is 2.28. The van der Waals surface area contributed by atoms with Crippen molar-refractivity contribution in [3.8, 4) is 0 Å². The molecule has 1 aromatic heterocycles. The molecular weight excluding hydrogens is 831 g/mol. The molecule has 0 radical (unpaired) electrons. The number of amides is 7. The van der Waals surface area contributed by atoms with E-state index in [0.717, 1.165) is 54.1 Å². The van der Waals surface area contributed by atoms with Gasteiger partial charge in [0, 0.05) is 56.5 Å². The molecule has 3 aromatic rings. The molecule has 350 valence electrons. The highest BCUT2D eigenvalue weighted by molar-refractivity contribution is 5.98. The van der Waals surface area contributed by atoms with E-state index < -0.39 is 77.6 Å². The molecule has 2 aliphatic heterocycles. The molecule has 0 unspecified atom stereocenters. The van der Waals surface area contributed by atoms with Gasteiger partial charge >= 0.3 is 0 Å². The third-order valence-electron chi connectivity index (χ3n) is 12.7. The largest absolute Gasteiger partial charge is 0.370 e. The number of hydrogen-bond donors (Lipinski definition) is 10. The van der Waals surface area contributed by atoms with Crippen LogP contribution in [0.5, 0.6) is 0 Å². The van der Waals surface area contributed by atoms with Crippen molar-refractivity contribution in [3.63, 3.8) is 0 Å². The Morgan fingerprint density at radius 2 is 1.52 bits per heavy atom. The van der Waals surface area contributed by atoms with Gasteiger partial charge in [0.25, 0.3) is 0 Å². The van der Waals surface area contributed by atoms with Crippen molar-refractivity contribution in [2.24, 2.45) is 11.7 Å². The van der Waals surface area contributed by atoms with Gasteiger partial charge in [-0.2, -0.15) is 0 Å². The van der Waals surface area contributed by atoms with Gasteiger partial charge in [-0.3, -0.25) is 39.0 Å². The van der Waals surface area contributed by atoms with Crippen LogP contribution in [0.4, 0.5) is 0 Å². The summed E-state index contributed by atoms with van der Waals surface area (Å²) >= 11 is 0. The van der Waals surface area contributed by atoms with E-state index in [4.69, 9.17) is 11.1 Å². The molecule has 2 saturated heterocycles. The van der Waals surface area contributed by atoms with Gasteiger partial charge in [0.15, 0.2) is 5.96 Å². The van der Waals surface area contributed by atoms with E-state index in [1.807, 2.05) is 54.6 Å². The van der Waals surface area contributed by atoms with Crippen LogP contribution in [-0.2, 0) is 46.4 Å². The number of nitrogens with one attached hydrogen (secondary N) is 9. The van der Waals surface area contributed by atoms with Crippen molar-refractivity contribution in [3.05, 3.63) is 71.9 Å². The van der Waals surface area contributed by atoms with Crippen molar-refractivity contribution in [1.82, 2.24) is 47.1 Å². The number of guanidine groups is 1. The van der Waals surface area contributed by atoms with E-state index in [1.54, 1.807) is 6.20 Å². The first-order chi connectivity index (χ1) is 31.4. The zero-order chi connectivity index (χ0) is 46.3. The summed E-state index contributed by atoms with van der Waals surface area (Å²) in [6.45, 7) is 1.88. The fourth-order valence-electron chi connectivity index (χ4n) is 9.31. The lowest BCUT2D eigenvalue weighted by molar-refractivity contribution is -0.142. The Kier molecular flexibility index (Phi) is 17.3. The van der Waals surface area contributed by atoms with Crippen LogP contribution in [-0.4, -0.2) is 113 Å². The van der Waals surface area contributed by atoms with Crippen LogP contribution in [0.2, 0.25) is 0 Å². The van der Waals surface area contributed by atoms with Crippen LogP contribution in [0, 0.1) is 11.3 Å². The number of nitrogens with zero attached hydrogens (tertiary/aromatic N) is 1. The zero-order valence-corrected chi connectivity index (χ0v) is 37.2. The molecule has 0 spiro atoms. The highest BCUT2D eigenvalue weighted by atomic mass is 16.2. The molecule has 11 N–H and O–H groups in total. The first kappa shape index (κ1) is 48.0. The smallest absolute Gasteiger partial charge is 0.245 e. The summed E-state index contributed by atoms with van der Waals surface area (Å²) in [6, 6.07) is 10.5. The number of nitrogens with two attached hydrogens (primary N) is 1. The van der Waals surface area contributed by atoms with Crippen molar-refractivity contribution in [1.29, 1.82) is 5.41 Å². The van der Waals surface area contributed by atoms with Gasteiger partial charge in [-0.1, -0.05) is 80.6 Å². The van der Waals surface area contributed by atoms with Gasteiger partial charge in [0.05, 0.1) is 0 Å². The molecule has 1 saturated carbocycles. The lowest BCUT2D eigenvalue weighted by Gasteiger charge is -2.32. The summed E-state index contributed by atoms with van der Waals surface area (Å²) in [4.78, 5) is 103. The van der Waals surface area contributed by atoms with E-state index in [9.17, 15) is 33.6 Å². The molecule has 7 amide bonds. The Bertz CT molecular complexity index is 2160. The number of carbonyl (C=O) groups is 7. The topological polar surface area (TPSA) is 273 Å². The van der Waals surface area contributed by atoms with Gasteiger partial charge in [-0.15, -0.1) is 0 Å². The molecule has 65 heavy (non-hydrogen) atoms. The Morgan fingerprint density at radius 1 is 0.815 bits per heavy atom. The molecular formula is C47H65N11O7. The minimum absolute atomic E-state index is 0.0674. The maximum Gasteiger partial charge on any atom is 0.245 e. The van der Waals surface area contributed by atoms with E-state index in [-0.39, 0.29) is 63.6 Å². The average Bonchev–Trinajstić information content (AvgIpc) is 3.95. The Labute approximate surface area is 379 Å². The number of hydrogen-bond acceptors (Lipinski definition) is 8. The molecule has 6 atom stereocenters. The molecule has 1 aliphatic carbocycles. The maximum atomic E-state index is 14.6. The molecule has 18 nitrogen and oxygen atoms in total. The van der Waals surface area contributed by atoms with Crippen molar-refractivity contribution < 1.29 is 33.6 Å². The second kappa shape index (κ2) is 23.5. The molecule has 3 fully saturated rings. The first-order valence-corrected chi connectivity index (χ1v) is 23.1. The molecule has 6 rings (SSSR count). The highest BCUT2D eigenvalue weighted by Gasteiger charge is 2.40. The van der Waals surface area contributed by atoms with Gasteiger partial charge in [-0.05, 0) is 68.1 Å². The molecule has 3 heterocycles. The number of aromatic nitrogens is 1. The number of carbonyl (C=O) groups excluding carboxylic acids is 7. The minimum Gasteiger partial charge on any atom is -0.370 e. The van der Waals surface area contributed by atoms with Gasteiger partial charge < -0.3 is 52.8 Å². The lowest BCUT2D eigenvalue weighted by atomic mass is 9.84. The molecule has 18 heteroatoms. The van der Waals surface area contributed by atoms with E-state index >= 15 is 0 Å². The summed E-state index contributed by atoms with van der Waals surface area (Å²) in [5.41, 5.74) is 7.92. The third kappa shape index (κ3) is 13.8. The third-order valence-corrected chi connectivity index (χ3v) is 12.7. The first-order valence-electron chi connectivity index (χ1n) is 23.1. The Balaban J connectivity index is 1.31. The van der Waals surface area contributed by atoms with Gasteiger partial charge in [0.1, 0.15) is 36.3 Å². The van der Waals surface area contributed by atoms with Crippen LogP contribution >= 0.6 is 0 Å². The predicted molar refractivity (Wildman–Crippen MR) is 245 cm³/mol. The van der Waals surface area contributed by atoms with Crippen LogP contribution in [0.15, 0.2) is 60.8 Å². The summed E-state index contributed by atoms with van der Waals surface area (Å²) in [6.07, 6.45) is 8.88. The van der Waals surface area contributed by atoms with Gasteiger partial charge in [-0.25, -0.2) is 0 Å². The summed E-state index contributed by atoms with van der Waals surface area (Å²) < 4.78 is 0. The second-order valence-electron chi connectivity index (χ2n) is 17.6.